The van der Waals surface area contributed by atoms with Gasteiger partial charge in [-0.25, -0.2) is 19.0 Å². The van der Waals surface area contributed by atoms with Crippen LogP contribution in [0.15, 0.2) is 53.5 Å². The lowest BCUT2D eigenvalue weighted by molar-refractivity contribution is -0.192. The molecule has 4 aliphatic rings. The molecule has 0 amide bonds. The van der Waals surface area contributed by atoms with Crippen LogP contribution in [0.4, 0.5) is 23.2 Å². The Balaban J connectivity index is 0.000000493. The van der Waals surface area contributed by atoms with E-state index in [0.717, 1.165) is 29.0 Å². The van der Waals surface area contributed by atoms with Crippen LogP contribution in [0.5, 0.6) is 0 Å². The van der Waals surface area contributed by atoms with Gasteiger partial charge in [-0.15, -0.1) is 0 Å². The second-order valence-electron chi connectivity index (χ2n) is 11.0. The van der Waals surface area contributed by atoms with Crippen LogP contribution >= 0.6 is 0 Å². The van der Waals surface area contributed by atoms with Gasteiger partial charge in [0.05, 0.1) is 24.3 Å². The Morgan fingerprint density at radius 1 is 0.927 bits per heavy atom. The summed E-state index contributed by atoms with van der Waals surface area (Å²) in [6.45, 7) is 1.62. The summed E-state index contributed by atoms with van der Waals surface area (Å²) in [7, 11) is 0. The number of benzene rings is 2. The topological polar surface area (TPSA) is 120 Å². The molecule has 8 nitrogen and oxygen atoms in total. The highest BCUT2D eigenvalue weighted by molar-refractivity contribution is 5.94. The number of carboxylic acids is 2. The van der Waals surface area contributed by atoms with Crippen molar-refractivity contribution in [3.8, 4) is 0 Å². The van der Waals surface area contributed by atoms with Crippen LogP contribution in [0.3, 0.4) is 0 Å². The third-order valence-corrected chi connectivity index (χ3v) is 7.75. The van der Waals surface area contributed by atoms with E-state index < -0.39 is 18.1 Å². The normalized spacial score (nSPS) is 24.8. The second-order valence-corrected chi connectivity index (χ2v) is 11.0. The molecule has 4 N–H and O–H groups in total. The summed E-state index contributed by atoms with van der Waals surface area (Å²) in [5.41, 5.74) is 1.93. The van der Waals surface area contributed by atoms with Crippen molar-refractivity contribution in [2.45, 2.75) is 56.8 Å². The van der Waals surface area contributed by atoms with Crippen molar-refractivity contribution in [2.24, 2.45) is 22.7 Å². The first kappa shape index (κ1) is 30.3. The summed E-state index contributed by atoms with van der Waals surface area (Å²) in [6, 6.07) is 12.8. The van der Waals surface area contributed by atoms with E-state index in [0.29, 0.717) is 25.7 Å². The molecule has 0 saturated heterocycles. The van der Waals surface area contributed by atoms with Crippen molar-refractivity contribution < 1.29 is 42.1 Å². The number of ether oxygens (including phenoxy) is 1. The number of carboxylic acid groups (broad SMARTS) is 2. The number of aliphatic imine (C=N–C) groups is 1. The molecule has 0 heterocycles. The van der Waals surface area contributed by atoms with Crippen LogP contribution in [-0.4, -0.2) is 53.0 Å². The van der Waals surface area contributed by atoms with E-state index in [9.17, 15) is 22.4 Å². The molecule has 12 heteroatoms. The van der Waals surface area contributed by atoms with Gasteiger partial charge in [0.25, 0.3) is 0 Å². The third kappa shape index (κ3) is 8.66. The molecule has 0 spiro atoms. The largest absolute Gasteiger partial charge is 0.490 e. The lowest BCUT2D eigenvalue weighted by atomic mass is 9.54. The van der Waals surface area contributed by atoms with Gasteiger partial charge in [0, 0.05) is 12.2 Å². The molecular weight excluding hydrogens is 546 g/mol. The molecule has 0 unspecified atom stereocenters. The highest BCUT2D eigenvalue weighted by Crippen LogP contribution is 2.57. The van der Waals surface area contributed by atoms with Gasteiger partial charge in [-0.05, 0) is 98.2 Å². The van der Waals surface area contributed by atoms with E-state index in [1.54, 1.807) is 36.4 Å². The number of guanidine groups is 1. The highest BCUT2D eigenvalue weighted by Gasteiger charge is 2.51. The summed E-state index contributed by atoms with van der Waals surface area (Å²) in [5.74, 6) is -0.872. The summed E-state index contributed by atoms with van der Waals surface area (Å²) in [4.78, 5) is 24.7. The van der Waals surface area contributed by atoms with Gasteiger partial charge < -0.3 is 25.6 Å². The van der Waals surface area contributed by atoms with Crippen molar-refractivity contribution in [3.05, 3.63) is 65.5 Å². The quantitative estimate of drug-likeness (QED) is 0.137. The van der Waals surface area contributed by atoms with Crippen molar-refractivity contribution in [1.29, 1.82) is 0 Å². The van der Waals surface area contributed by atoms with Gasteiger partial charge in [0.2, 0.25) is 0 Å². The fraction of sp³-hybridized carbons (Fsp3) is 0.483. The number of carbonyl (C=O) groups is 2. The summed E-state index contributed by atoms with van der Waals surface area (Å²) < 4.78 is 51.5. The Kier molecular flexibility index (Phi) is 9.52. The number of nitrogens with one attached hydrogen (secondary N) is 2. The molecule has 4 bridgehead atoms. The molecule has 2 aromatic carbocycles. The smallest absolute Gasteiger partial charge is 0.478 e. The highest BCUT2D eigenvalue weighted by atomic mass is 19.4. The van der Waals surface area contributed by atoms with E-state index >= 15 is 0 Å². The van der Waals surface area contributed by atoms with Crippen molar-refractivity contribution in [2.75, 3.05) is 18.5 Å². The molecule has 222 valence electrons. The molecule has 0 aliphatic heterocycles. The Bertz CT molecular complexity index is 1200. The van der Waals surface area contributed by atoms with Crippen LogP contribution in [0.1, 0.15) is 54.4 Å². The lowest BCUT2D eigenvalue weighted by Crippen LogP contribution is -2.52. The monoisotopic (exact) mass is 579 g/mol. The minimum Gasteiger partial charge on any atom is -0.478 e. The maximum atomic E-state index is 13.2. The maximum Gasteiger partial charge on any atom is 0.490 e. The summed E-state index contributed by atoms with van der Waals surface area (Å²) in [5, 5.41) is 22.8. The molecule has 0 aromatic heterocycles. The standard InChI is InChI=1S/C27H32FN3O3.C2HF3O2/c28-23-5-1-18(2-6-23)17-30-26(31-24-7-3-22(4-8-24)25(32)33)29-9-10-34-27-14-19-11-20(15-27)13-21(12-19)16-27;3-2(4,5)1(6)7/h1-8,19-21H,9-17H2,(H,32,33)(H2,29,30,31);(H,6,7). The van der Waals surface area contributed by atoms with Crippen LogP contribution in [0.25, 0.3) is 0 Å². The molecule has 4 aliphatic carbocycles. The molecule has 4 fully saturated rings. The predicted octanol–water partition coefficient (Wildman–Crippen LogP) is 5.70. The number of halogens is 4. The third-order valence-electron chi connectivity index (χ3n) is 7.75. The molecule has 2 aromatic rings. The molecular formula is C29H33F4N3O5. The molecule has 0 radical (unpaired) electrons. The fourth-order valence-corrected chi connectivity index (χ4v) is 6.38. The minimum atomic E-state index is -5.08. The minimum absolute atomic E-state index is 0.0714. The zero-order chi connectivity index (χ0) is 29.6. The Hall–Kier alpha value is -3.67. The average molecular weight is 580 g/mol. The van der Waals surface area contributed by atoms with Gasteiger partial charge in [-0.3, -0.25) is 0 Å². The number of rotatable bonds is 8. The van der Waals surface area contributed by atoms with Crippen LogP contribution < -0.4 is 10.6 Å². The number of nitrogens with zero attached hydrogens (tertiary/aromatic N) is 1. The first-order valence-electron chi connectivity index (χ1n) is 13.5. The number of hydrogen-bond donors (Lipinski definition) is 4. The molecule has 41 heavy (non-hydrogen) atoms. The van der Waals surface area contributed by atoms with Crippen molar-refractivity contribution in [3.63, 3.8) is 0 Å². The zero-order valence-corrected chi connectivity index (χ0v) is 22.3. The van der Waals surface area contributed by atoms with Crippen molar-refractivity contribution in [1.82, 2.24) is 5.32 Å². The van der Waals surface area contributed by atoms with Gasteiger partial charge in [0.1, 0.15) is 5.82 Å². The fourth-order valence-electron chi connectivity index (χ4n) is 6.38. The average Bonchev–Trinajstić information content (AvgIpc) is 2.90. The van der Waals surface area contributed by atoms with E-state index in [-0.39, 0.29) is 17.0 Å². The Labute approximate surface area is 234 Å². The van der Waals surface area contributed by atoms with Gasteiger partial charge >= 0.3 is 18.1 Å². The van der Waals surface area contributed by atoms with Crippen molar-refractivity contribution >= 4 is 23.6 Å². The Morgan fingerprint density at radius 2 is 1.46 bits per heavy atom. The number of alkyl halides is 3. The first-order chi connectivity index (χ1) is 19.4. The van der Waals surface area contributed by atoms with Gasteiger partial charge in [-0.1, -0.05) is 12.1 Å². The zero-order valence-electron chi connectivity index (χ0n) is 22.3. The van der Waals surface area contributed by atoms with E-state index in [4.69, 9.17) is 19.7 Å². The van der Waals surface area contributed by atoms with Crippen LogP contribution in [0, 0.1) is 23.6 Å². The number of aromatic carboxylic acids is 1. The molecule has 6 rings (SSSR count). The SMILES string of the molecule is O=C(O)C(F)(F)F.O=C(O)c1ccc(NC(=NCc2ccc(F)cc2)NCCOC23CC4CC(CC(C4)C2)C3)cc1. The van der Waals surface area contributed by atoms with E-state index in [1.807, 2.05) is 0 Å². The predicted molar refractivity (Wildman–Crippen MR) is 143 cm³/mol. The maximum absolute atomic E-state index is 13.2. The molecule has 0 atom stereocenters. The summed E-state index contributed by atoms with van der Waals surface area (Å²) >= 11 is 0. The van der Waals surface area contributed by atoms with Crippen LogP contribution in [-0.2, 0) is 16.1 Å². The second kappa shape index (κ2) is 12.9. The first-order valence-corrected chi connectivity index (χ1v) is 13.5. The van der Waals surface area contributed by atoms with Crippen LogP contribution in [0.2, 0.25) is 0 Å². The number of hydrogen-bond acceptors (Lipinski definition) is 4. The summed E-state index contributed by atoms with van der Waals surface area (Å²) in [6.07, 6.45) is 2.72. The van der Waals surface area contributed by atoms with Gasteiger partial charge in [0.15, 0.2) is 5.96 Å². The molecule has 4 saturated carbocycles. The van der Waals surface area contributed by atoms with E-state index in [1.165, 1.54) is 50.7 Å². The lowest BCUT2D eigenvalue weighted by Gasteiger charge is -2.56. The number of anilines is 1. The van der Waals surface area contributed by atoms with Gasteiger partial charge in [-0.2, -0.15) is 13.2 Å². The van der Waals surface area contributed by atoms with E-state index in [2.05, 4.69) is 15.6 Å². The number of aliphatic carboxylic acids is 1. The Morgan fingerprint density at radius 3 is 1.95 bits per heavy atom.